The van der Waals surface area contributed by atoms with Crippen molar-refractivity contribution in [3.8, 4) is 0 Å². The zero-order valence-corrected chi connectivity index (χ0v) is 10.4. The van der Waals surface area contributed by atoms with Crippen molar-refractivity contribution in [2.75, 3.05) is 18.5 Å². The summed E-state index contributed by atoms with van der Waals surface area (Å²) in [5, 5.41) is 7.06. The molecule has 100 valence electrons. The van der Waals surface area contributed by atoms with E-state index < -0.39 is 0 Å². The van der Waals surface area contributed by atoms with Crippen molar-refractivity contribution in [2.45, 2.75) is 13.0 Å². The van der Waals surface area contributed by atoms with Crippen LogP contribution in [0.25, 0.3) is 0 Å². The molecule has 3 heterocycles. The number of rotatable bonds is 4. The molecule has 1 unspecified atom stereocenters. The van der Waals surface area contributed by atoms with Crippen LogP contribution < -0.4 is 5.32 Å². The van der Waals surface area contributed by atoms with Crippen LogP contribution in [0.4, 0.5) is 5.82 Å². The minimum atomic E-state index is -0.196. The highest BCUT2D eigenvalue weighted by molar-refractivity contribution is 6.03. The van der Waals surface area contributed by atoms with E-state index in [1.54, 1.807) is 23.0 Å². The molecule has 1 atom stereocenters. The third-order valence-electron chi connectivity index (χ3n) is 3.20. The minimum Gasteiger partial charge on any atom is -0.472 e. The predicted molar refractivity (Wildman–Crippen MR) is 67.8 cm³/mol. The lowest BCUT2D eigenvalue weighted by Crippen LogP contribution is -2.18. The average Bonchev–Trinajstić information content (AvgIpc) is 3.12. The maximum Gasteiger partial charge on any atom is 0.260 e. The highest BCUT2D eigenvalue weighted by Gasteiger charge is 2.18. The number of furan rings is 1. The third-order valence-corrected chi connectivity index (χ3v) is 3.20. The van der Waals surface area contributed by atoms with Crippen LogP contribution in [0.15, 0.2) is 35.3 Å². The van der Waals surface area contributed by atoms with Gasteiger partial charge in [-0.2, -0.15) is 5.10 Å². The van der Waals surface area contributed by atoms with Gasteiger partial charge in [0.05, 0.1) is 24.6 Å². The number of nitrogens with zero attached hydrogens (tertiary/aromatic N) is 2. The summed E-state index contributed by atoms with van der Waals surface area (Å²) in [4.78, 5) is 11.9. The Hall–Kier alpha value is -2.08. The van der Waals surface area contributed by atoms with Crippen LogP contribution in [-0.4, -0.2) is 28.9 Å². The predicted octanol–water partition coefficient (Wildman–Crippen LogP) is 1.76. The molecule has 0 radical (unpaired) electrons. The molecule has 2 aromatic heterocycles. The highest BCUT2D eigenvalue weighted by Crippen LogP contribution is 2.17. The van der Waals surface area contributed by atoms with Crippen molar-refractivity contribution in [3.63, 3.8) is 0 Å². The van der Waals surface area contributed by atoms with E-state index in [-0.39, 0.29) is 5.91 Å². The lowest BCUT2D eigenvalue weighted by atomic mass is 10.1. The lowest BCUT2D eigenvalue weighted by Gasteiger charge is -2.11. The number of ether oxygens (including phenoxy) is 1. The molecule has 1 fully saturated rings. The molecule has 1 aliphatic rings. The van der Waals surface area contributed by atoms with Gasteiger partial charge in [-0.15, -0.1) is 0 Å². The first kappa shape index (κ1) is 12.0. The van der Waals surface area contributed by atoms with Gasteiger partial charge in [0.2, 0.25) is 0 Å². The molecule has 0 aliphatic carbocycles. The van der Waals surface area contributed by atoms with E-state index in [2.05, 4.69) is 10.4 Å². The normalized spacial score (nSPS) is 18.6. The minimum absolute atomic E-state index is 0.196. The topological polar surface area (TPSA) is 69.3 Å². The van der Waals surface area contributed by atoms with Crippen LogP contribution in [-0.2, 0) is 11.3 Å². The SMILES string of the molecule is O=C(Nc1ccnn1CC1CCOC1)c1ccoc1. The van der Waals surface area contributed by atoms with E-state index >= 15 is 0 Å². The number of hydrogen-bond donors (Lipinski definition) is 1. The van der Waals surface area contributed by atoms with E-state index in [1.807, 2.05) is 0 Å². The zero-order chi connectivity index (χ0) is 13.1. The molecule has 2 aromatic rings. The maximum atomic E-state index is 11.9. The first-order chi connectivity index (χ1) is 9.33. The summed E-state index contributed by atoms with van der Waals surface area (Å²) in [6.07, 6.45) is 5.61. The number of nitrogens with one attached hydrogen (secondary N) is 1. The first-order valence-electron chi connectivity index (χ1n) is 6.26. The van der Waals surface area contributed by atoms with Crippen molar-refractivity contribution in [3.05, 3.63) is 36.4 Å². The Morgan fingerprint density at radius 1 is 1.53 bits per heavy atom. The standard InChI is InChI=1S/C13H15N3O3/c17-13(11-3-6-19-9-11)15-12-1-4-14-16(12)7-10-2-5-18-8-10/h1,3-4,6,9-10H,2,5,7-8H2,(H,15,17). The smallest absolute Gasteiger partial charge is 0.260 e. The van der Waals surface area contributed by atoms with Crippen molar-refractivity contribution in [1.82, 2.24) is 9.78 Å². The summed E-state index contributed by atoms with van der Waals surface area (Å²) in [7, 11) is 0. The van der Waals surface area contributed by atoms with Crippen molar-refractivity contribution in [1.29, 1.82) is 0 Å². The fourth-order valence-corrected chi connectivity index (χ4v) is 2.14. The fourth-order valence-electron chi connectivity index (χ4n) is 2.14. The van der Waals surface area contributed by atoms with Crippen LogP contribution >= 0.6 is 0 Å². The van der Waals surface area contributed by atoms with Gasteiger partial charge in [0, 0.05) is 25.1 Å². The Labute approximate surface area is 110 Å². The Kier molecular flexibility index (Phi) is 3.33. The Morgan fingerprint density at radius 2 is 2.47 bits per heavy atom. The number of carbonyl (C=O) groups excluding carboxylic acids is 1. The van der Waals surface area contributed by atoms with E-state index in [0.29, 0.717) is 17.3 Å². The van der Waals surface area contributed by atoms with E-state index in [0.717, 1.165) is 26.2 Å². The molecule has 19 heavy (non-hydrogen) atoms. The molecule has 6 nitrogen and oxygen atoms in total. The monoisotopic (exact) mass is 261 g/mol. The number of aromatic nitrogens is 2. The van der Waals surface area contributed by atoms with Crippen LogP contribution in [0.2, 0.25) is 0 Å². The fraction of sp³-hybridized carbons (Fsp3) is 0.385. The van der Waals surface area contributed by atoms with E-state index in [1.165, 1.54) is 12.5 Å². The molecule has 0 bridgehead atoms. The second-order valence-corrected chi connectivity index (χ2v) is 4.59. The van der Waals surface area contributed by atoms with Gasteiger partial charge in [0.15, 0.2) is 0 Å². The van der Waals surface area contributed by atoms with Crippen LogP contribution in [0.1, 0.15) is 16.8 Å². The van der Waals surface area contributed by atoms with Crippen LogP contribution in [0, 0.1) is 5.92 Å². The van der Waals surface area contributed by atoms with Crippen LogP contribution in [0.5, 0.6) is 0 Å². The number of anilines is 1. The summed E-state index contributed by atoms with van der Waals surface area (Å²) >= 11 is 0. The summed E-state index contributed by atoms with van der Waals surface area (Å²) in [6, 6.07) is 3.41. The molecule has 3 rings (SSSR count). The molecule has 1 aliphatic heterocycles. The Bertz CT molecular complexity index is 541. The van der Waals surface area contributed by atoms with Gasteiger partial charge in [-0.25, -0.2) is 4.68 Å². The molecule has 0 spiro atoms. The van der Waals surface area contributed by atoms with Crippen molar-refractivity contribution < 1.29 is 13.9 Å². The quantitative estimate of drug-likeness (QED) is 0.910. The van der Waals surface area contributed by atoms with Gasteiger partial charge in [-0.05, 0) is 12.5 Å². The molecule has 0 saturated carbocycles. The van der Waals surface area contributed by atoms with Crippen LogP contribution in [0.3, 0.4) is 0 Å². The molecule has 1 N–H and O–H groups in total. The van der Waals surface area contributed by atoms with Crippen molar-refractivity contribution in [2.24, 2.45) is 5.92 Å². The molecule has 0 aromatic carbocycles. The number of hydrogen-bond acceptors (Lipinski definition) is 4. The average molecular weight is 261 g/mol. The van der Waals surface area contributed by atoms with Crippen molar-refractivity contribution >= 4 is 11.7 Å². The maximum absolute atomic E-state index is 11.9. The number of carbonyl (C=O) groups is 1. The highest BCUT2D eigenvalue weighted by atomic mass is 16.5. The molecule has 1 saturated heterocycles. The number of amides is 1. The summed E-state index contributed by atoms with van der Waals surface area (Å²) in [5.74, 6) is 0.959. The van der Waals surface area contributed by atoms with Gasteiger partial charge >= 0.3 is 0 Å². The Morgan fingerprint density at radius 3 is 3.21 bits per heavy atom. The molecular weight excluding hydrogens is 246 g/mol. The molecule has 1 amide bonds. The summed E-state index contributed by atoms with van der Waals surface area (Å²) in [5.41, 5.74) is 0.497. The third kappa shape index (κ3) is 2.68. The van der Waals surface area contributed by atoms with Gasteiger partial charge in [0.1, 0.15) is 12.1 Å². The summed E-state index contributed by atoms with van der Waals surface area (Å²) in [6.45, 7) is 2.33. The second kappa shape index (κ2) is 5.27. The van der Waals surface area contributed by atoms with Gasteiger partial charge in [-0.3, -0.25) is 4.79 Å². The first-order valence-corrected chi connectivity index (χ1v) is 6.26. The van der Waals surface area contributed by atoms with E-state index in [4.69, 9.17) is 9.15 Å². The molecular formula is C13H15N3O3. The second-order valence-electron chi connectivity index (χ2n) is 4.59. The van der Waals surface area contributed by atoms with Gasteiger partial charge in [-0.1, -0.05) is 0 Å². The largest absolute Gasteiger partial charge is 0.472 e. The van der Waals surface area contributed by atoms with Gasteiger partial charge in [0.25, 0.3) is 5.91 Å². The van der Waals surface area contributed by atoms with Gasteiger partial charge < -0.3 is 14.5 Å². The zero-order valence-electron chi connectivity index (χ0n) is 10.4. The lowest BCUT2D eigenvalue weighted by molar-refractivity contribution is 0.102. The Balaban J connectivity index is 1.68. The summed E-state index contributed by atoms with van der Waals surface area (Å²) < 4.78 is 12.0. The van der Waals surface area contributed by atoms with E-state index in [9.17, 15) is 4.79 Å². The molecule has 6 heteroatoms.